The third kappa shape index (κ3) is 3.10. The fourth-order valence-corrected chi connectivity index (χ4v) is 2.85. The topological polar surface area (TPSA) is 60.9 Å². The van der Waals surface area contributed by atoms with E-state index in [4.69, 9.17) is 0 Å². The van der Waals surface area contributed by atoms with Crippen LogP contribution >= 0.6 is 0 Å². The van der Waals surface area contributed by atoms with Crippen molar-refractivity contribution in [2.24, 2.45) is 0 Å². The highest BCUT2D eigenvalue weighted by Gasteiger charge is 2.44. The second-order valence-electron chi connectivity index (χ2n) is 5.79. The van der Waals surface area contributed by atoms with E-state index < -0.39 is 35.7 Å². The maximum atomic E-state index is 13.8. The first-order valence-corrected chi connectivity index (χ1v) is 7.72. The van der Waals surface area contributed by atoms with Crippen LogP contribution in [0.15, 0.2) is 48.5 Å². The predicted molar refractivity (Wildman–Crippen MR) is 86.8 cm³/mol. The summed E-state index contributed by atoms with van der Waals surface area (Å²) in [7, 11) is 0. The summed E-state index contributed by atoms with van der Waals surface area (Å²) in [4.78, 5) is 27.1. The van der Waals surface area contributed by atoms with Crippen LogP contribution in [0.3, 0.4) is 0 Å². The van der Waals surface area contributed by atoms with Gasteiger partial charge < -0.3 is 5.11 Å². The van der Waals surface area contributed by atoms with E-state index in [0.717, 1.165) is 4.90 Å². The van der Waals surface area contributed by atoms with Crippen LogP contribution in [-0.4, -0.2) is 34.5 Å². The van der Waals surface area contributed by atoms with Crippen molar-refractivity contribution in [2.75, 3.05) is 11.4 Å². The lowest BCUT2D eigenvalue weighted by atomic mass is 10.1. The number of carbonyl (C=O) groups excluding carboxylic acids is 2. The summed E-state index contributed by atoms with van der Waals surface area (Å²) in [6.45, 7) is 1.18. The molecule has 1 aliphatic heterocycles. The van der Waals surface area contributed by atoms with E-state index >= 15 is 0 Å². The summed E-state index contributed by atoms with van der Waals surface area (Å²) < 4.78 is 26.8. The highest BCUT2D eigenvalue weighted by atomic mass is 19.1. The molecule has 25 heavy (non-hydrogen) atoms. The standard InChI is InChI=1S/C18H16F2N2O3/c1-11-17(24)21(10-16(23)14-4-2-3-5-15(14)20)18(25)22(11)13-8-6-12(19)7-9-13/h2-9,11,16,23H,10H2,1H3/t11-,16-/m1/s1. The molecule has 1 N–H and O–H groups in total. The zero-order chi connectivity index (χ0) is 18.1. The third-order valence-corrected chi connectivity index (χ3v) is 4.17. The van der Waals surface area contributed by atoms with Crippen molar-refractivity contribution in [1.82, 2.24) is 4.90 Å². The Bertz CT molecular complexity index is 810. The minimum absolute atomic E-state index is 0.0102. The Labute approximate surface area is 143 Å². The first-order valence-electron chi connectivity index (χ1n) is 7.72. The fourth-order valence-electron chi connectivity index (χ4n) is 2.85. The molecule has 0 aliphatic carbocycles. The lowest BCUT2D eigenvalue weighted by Crippen LogP contribution is -2.36. The molecule has 3 rings (SSSR count). The van der Waals surface area contributed by atoms with E-state index in [1.165, 1.54) is 47.4 Å². The molecule has 1 saturated heterocycles. The number of hydrogen-bond acceptors (Lipinski definition) is 3. The molecule has 0 radical (unpaired) electrons. The molecule has 1 aliphatic rings. The Morgan fingerprint density at radius 1 is 1.08 bits per heavy atom. The normalized spacial score (nSPS) is 18.8. The van der Waals surface area contributed by atoms with Gasteiger partial charge in [-0.15, -0.1) is 0 Å². The van der Waals surface area contributed by atoms with Gasteiger partial charge in [0.2, 0.25) is 0 Å². The molecule has 1 heterocycles. The maximum Gasteiger partial charge on any atom is 0.332 e. The van der Waals surface area contributed by atoms with E-state index in [2.05, 4.69) is 0 Å². The Balaban J connectivity index is 1.83. The number of urea groups is 1. The molecule has 0 saturated carbocycles. The van der Waals surface area contributed by atoms with Gasteiger partial charge in [-0.05, 0) is 37.3 Å². The number of hydrogen-bond donors (Lipinski definition) is 1. The molecular formula is C18H16F2N2O3. The van der Waals surface area contributed by atoms with Crippen molar-refractivity contribution in [3.63, 3.8) is 0 Å². The molecule has 0 bridgehead atoms. The van der Waals surface area contributed by atoms with Crippen molar-refractivity contribution in [3.8, 4) is 0 Å². The number of carbonyl (C=O) groups is 2. The maximum absolute atomic E-state index is 13.8. The number of β-amino-alcohol motifs (C(OH)–C–C–N with tert-alkyl or cyclic N) is 1. The average Bonchev–Trinajstić information content (AvgIpc) is 2.80. The molecule has 2 aromatic carbocycles. The third-order valence-electron chi connectivity index (χ3n) is 4.17. The van der Waals surface area contributed by atoms with E-state index in [1.807, 2.05) is 0 Å². The molecule has 1 fully saturated rings. The minimum Gasteiger partial charge on any atom is -0.386 e. The van der Waals surface area contributed by atoms with Crippen molar-refractivity contribution >= 4 is 17.6 Å². The zero-order valence-corrected chi connectivity index (χ0v) is 13.4. The zero-order valence-electron chi connectivity index (χ0n) is 13.4. The summed E-state index contributed by atoms with van der Waals surface area (Å²) in [5.74, 6) is -1.58. The lowest BCUT2D eigenvalue weighted by Gasteiger charge is -2.21. The summed E-state index contributed by atoms with van der Waals surface area (Å²) in [5.41, 5.74) is 0.381. The molecule has 7 heteroatoms. The van der Waals surface area contributed by atoms with Gasteiger partial charge in [0.05, 0.1) is 12.6 Å². The highest BCUT2D eigenvalue weighted by Crippen LogP contribution is 2.28. The number of benzene rings is 2. The first-order chi connectivity index (χ1) is 11.9. The second-order valence-corrected chi connectivity index (χ2v) is 5.79. The quantitative estimate of drug-likeness (QED) is 0.866. The Morgan fingerprint density at radius 3 is 2.36 bits per heavy atom. The number of aliphatic hydroxyl groups excluding tert-OH is 1. The van der Waals surface area contributed by atoms with Gasteiger partial charge >= 0.3 is 6.03 Å². The molecule has 0 aromatic heterocycles. The van der Waals surface area contributed by atoms with Gasteiger partial charge in [-0.1, -0.05) is 18.2 Å². The van der Waals surface area contributed by atoms with Crippen LogP contribution < -0.4 is 4.90 Å². The number of rotatable bonds is 4. The second kappa shape index (κ2) is 6.60. The predicted octanol–water partition coefficient (Wildman–Crippen LogP) is 2.86. The molecule has 3 amide bonds. The van der Waals surface area contributed by atoms with Gasteiger partial charge in [0, 0.05) is 11.3 Å². The van der Waals surface area contributed by atoms with Gasteiger partial charge in [-0.3, -0.25) is 14.6 Å². The number of aliphatic hydroxyl groups is 1. The number of amides is 3. The summed E-state index contributed by atoms with van der Waals surface area (Å²) in [5, 5.41) is 10.2. The van der Waals surface area contributed by atoms with Gasteiger partial charge in [0.1, 0.15) is 17.7 Å². The van der Waals surface area contributed by atoms with E-state index in [0.29, 0.717) is 5.69 Å². The number of imide groups is 1. The Kier molecular flexibility index (Phi) is 4.50. The van der Waals surface area contributed by atoms with Gasteiger partial charge in [-0.2, -0.15) is 0 Å². The molecule has 2 atom stereocenters. The van der Waals surface area contributed by atoms with Crippen molar-refractivity contribution in [1.29, 1.82) is 0 Å². The van der Waals surface area contributed by atoms with Crippen LogP contribution in [0.4, 0.5) is 19.3 Å². The molecule has 0 spiro atoms. The van der Waals surface area contributed by atoms with Crippen molar-refractivity contribution < 1.29 is 23.5 Å². The fraction of sp³-hybridized carbons (Fsp3) is 0.222. The van der Waals surface area contributed by atoms with Crippen LogP contribution in [0.1, 0.15) is 18.6 Å². The average molecular weight is 346 g/mol. The smallest absolute Gasteiger partial charge is 0.332 e. The first kappa shape index (κ1) is 17.0. The molecule has 5 nitrogen and oxygen atoms in total. The van der Waals surface area contributed by atoms with Crippen LogP contribution in [0, 0.1) is 11.6 Å². The van der Waals surface area contributed by atoms with E-state index in [9.17, 15) is 23.5 Å². The summed E-state index contributed by atoms with van der Waals surface area (Å²) in [6, 6.07) is 9.37. The van der Waals surface area contributed by atoms with Crippen LogP contribution in [0.2, 0.25) is 0 Å². The molecule has 130 valence electrons. The monoisotopic (exact) mass is 346 g/mol. The van der Waals surface area contributed by atoms with Crippen LogP contribution in [0.25, 0.3) is 0 Å². The van der Waals surface area contributed by atoms with Crippen molar-refractivity contribution in [3.05, 3.63) is 65.7 Å². The lowest BCUT2D eigenvalue weighted by molar-refractivity contribution is -0.128. The molecule has 2 aromatic rings. The highest BCUT2D eigenvalue weighted by molar-refractivity contribution is 6.14. The van der Waals surface area contributed by atoms with Gasteiger partial charge in [0.25, 0.3) is 5.91 Å². The Hall–Kier alpha value is -2.80. The van der Waals surface area contributed by atoms with E-state index in [-0.39, 0.29) is 12.1 Å². The van der Waals surface area contributed by atoms with Gasteiger partial charge in [-0.25, -0.2) is 13.6 Å². The SMILES string of the molecule is C[C@@H]1C(=O)N(C[C@@H](O)c2ccccc2F)C(=O)N1c1ccc(F)cc1. The summed E-state index contributed by atoms with van der Waals surface area (Å²) in [6.07, 6.45) is -1.34. The molecular weight excluding hydrogens is 330 g/mol. The van der Waals surface area contributed by atoms with E-state index in [1.54, 1.807) is 13.0 Å². The van der Waals surface area contributed by atoms with Crippen molar-refractivity contribution in [2.45, 2.75) is 19.1 Å². The van der Waals surface area contributed by atoms with Crippen LogP contribution in [0.5, 0.6) is 0 Å². The van der Waals surface area contributed by atoms with Crippen LogP contribution in [-0.2, 0) is 4.79 Å². The number of halogens is 2. The molecule has 0 unspecified atom stereocenters. The number of nitrogens with zero attached hydrogens (tertiary/aromatic N) is 2. The Morgan fingerprint density at radius 2 is 1.72 bits per heavy atom. The van der Waals surface area contributed by atoms with Gasteiger partial charge in [0.15, 0.2) is 0 Å². The largest absolute Gasteiger partial charge is 0.386 e. The number of anilines is 1. The summed E-state index contributed by atoms with van der Waals surface area (Å²) >= 11 is 0. The minimum atomic E-state index is -1.34.